The molecule has 6 heteroatoms. The number of carbonyl (C=O) groups excluding carboxylic acids is 1. The van der Waals surface area contributed by atoms with E-state index in [1.54, 1.807) is 17.0 Å². The molecule has 3 aromatic carbocycles. The van der Waals surface area contributed by atoms with Crippen molar-refractivity contribution >= 4 is 26.7 Å². The number of rotatable bonds is 3. The van der Waals surface area contributed by atoms with Crippen LogP contribution in [-0.4, -0.2) is 49.7 Å². The summed E-state index contributed by atoms with van der Waals surface area (Å²) < 4.78 is 27.7. The molecule has 0 saturated carbocycles. The van der Waals surface area contributed by atoms with Crippen molar-refractivity contribution in [2.45, 2.75) is 24.2 Å². The quantitative estimate of drug-likeness (QED) is 0.652. The van der Waals surface area contributed by atoms with Gasteiger partial charge < -0.3 is 4.90 Å². The Bertz CT molecular complexity index is 1230. The first kappa shape index (κ1) is 19.3. The Morgan fingerprint density at radius 3 is 2.30 bits per heavy atom. The Morgan fingerprint density at radius 1 is 0.767 bits per heavy atom. The fourth-order valence-electron chi connectivity index (χ4n) is 4.50. The molecule has 154 valence electrons. The van der Waals surface area contributed by atoms with Gasteiger partial charge in [-0.05, 0) is 65.4 Å². The number of aryl methyl sites for hydroxylation is 2. The molecule has 1 amide bonds. The van der Waals surface area contributed by atoms with Crippen molar-refractivity contribution in [2.75, 3.05) is 26.2 Å². The maximum atomic E-state index is 13.1. The molecule has 1 saturated heterocycles. The molecule has 5 nitrogen and oxygen atoms in total. The van der Waals surface area contributed by atoms with E-state index in [1.807, 2.05) is 42.5 Å². The number of nitrogens with zero attached hydrogens (tertiary/aromatic N) is 2. The van der Waals surface area contributed by atoms with Crippen LogP contribution in [0.3, 0.4) is 0 Å². The number of hydrogen-bond donors (Lipinski definition) is 0. The third kappa shape index (κ3) is 3.40. The zero-order valence-electron chi connectivity index (χ0n) is 16.8. The van der Waals surface area contributed by atoms with Gasteiger partial charge in [0, 0.05) is 31.7 Å². The summed E-state index contributed by atoms with van der Waals surface area (Å²) in [5.74, 6) is -0.00699. The maximum Gasteiger partial charge on any atom is 0.253 e. The zero-order valence-corrected chi connectivity index (χ0v) is 17.6. The van der Waals surface area contributed by atoms with Crippen molar-refractivity contribution in [3.8, 4) is 0 Å². The van der Waals surface area contributed by atoms with Crippen molar-refractivity contribution in [1.82, 2.24) is 9.21 Å². The van der Waals surface area contributed by atoms with Crippen LogP contribution in [0.25, 0.3) is 10.8 Å². The highest BCUT2D eigenvalue weighted by Gasteiger charge is 2.30. The summed E-state index contributed by atoms with van der Waals surface area (Å²) >= 11 is 0. The van der Waals surface area contributed by atoms with Gasteiger partial charge in [0.2, 0.25) is 10.0 Å². The van der Waals surface area contributed by atoms with Crippen LogP contribution in [0.1, 0.15) is 27.9 Å². The van der Waals surface area contributed by atoms with Gasteiger partial charge in [0.1, 0.15) is 0 Å². The minimum atomic E-state index is -3.58. The second kappa shape index (κ2) is 7.52. The van der Waals surface area contributed by atoms with Gasteiger partial charge in [-0.1, -0.05) is 36.4 Å². The van der Waals surface area contributed by atoms with E-state index in [4.69, 9.17) is 0 Å². The summed E-state index contributed by atoms with van der Waals surface area (Å²) in [5.41, 5.74) is 3.33. The van der Waals surface area contributed by atoms with Crippen molar-refractivity contribution in [1.29, 1.82) is 0 Å². The van der Waals surface area contributed by atoms with E-state index in [1.165, 1.54) is 15.4 Å². The van der Waals surface area contributed by atoms with Crippen LogP contribution >= 0.6 is 0 Å². The second-order valence-electron chi connectivity index (χ2n) is 8.04. The number of fused-ring (bicyclic) bond motifs is 2. The highest BCUT2D eigenvalue weighted by atomic mass is 32.2. The smallest absolute Gasteiger partial charge is 0.253 e. The molecule has 3 aromatic rings. The number of benzene rings is 3. The van der Waals surface area contributed by atoms with Crippen molar-refractivity contribution in [2.24, 2.45) is 0 Å². The fraction of sp³-hybridized carbons (Fsp3) is 0.292. The Balaban J connectivity index is 1.30. The molecular formula is C24H24N2O3S. The summed E-state index contributed by atoms with van der Waals surface area (Å²) in [4.78, 5) is 15.0. The Hall–Kier alpha value is -2.70. The Labute approximate surface area is 177 Å². The van der Waals surface area contributed by atoms with Gasteiger partial charge in [-0.2, -0.15) is 4.31 Å². The van der Waals surface area contributed by atoms with Gasteiger partial charge >= 0.3 is 0 Å². The predicted octanol–water partition coefficient (Wildman–Crippen LogP) is 3.48. The van der Waals surface area contributed by atoms with Gasteiger partial charge in [0.15, 0.2) is 0 Å². The van der Waals surface area contributed by atoms with Crippen LogP contribution < -0.4 is 0 Å². The molecule has 1 aliphatic carbocycles. The lowest BCUT2D eigenvalue weighted by atomic mass is 10.1. The molecule has 1 fully saturated rings. The molecule has 1 heterocycles. The molecule has 30 heavy (non-hydrogen) atoms. The lowest BCUT2D eigenvalue weighted by molar-refractivity contribution is 0.0698. The van der Waals surface area contributed by atoms with E-state index >= 15 is 0 Å². The summed E-state index contributed by atoms with van der Waals surface area (Å²) in [6, 6.07) is 19.0. The topological polar surface area (TPSA) is 57.7 Å². The van der Waals surface area contributed by atoms with Crippen molar-refractivity contribution in [3.63, 3.8) is 0 Å². The predicted molar refractivity (Wildman–Crippen MR) is 117 cm³/mol. The first-order valence-electron chi connectivity index (χ1n) is 10.4. The minimum Gasteiger partial charge on any atom is -0.336 e. The van der Waals surface area contributed by atoms with E-state index in [-0.39, 0.29) is 5.91 Å². The molecule has 0 bridgehead atoms. The third-order valence-corrected chi connectivity index (χ3v) is 8.12. The van der Waals surface area contributed by atoms with E-state index in [0.29, 0.717) is 36.6 Å². The number of hydrogen-bond acceptors (Lipinski definition) is 3. The Morgan fingerprint density at radius 2 is 1.50 bits per heavy atom. The zero-order chi connectivity index (χ0) is 20.7. The first-order chi connectivity index (χ1) is 14.5. The largest absolute Gasteiger partial charge is 0.336 e. The molecule has 0 unspecified atom stereocenters. The van der Waals surface area contributed by atoms with E-state index < -0.39 is 10.0 Å². The molecule has 5 rings (SSSR count). The van der Waals surface area contributed by atoms with Crippen LogP contribution in [0.5, 0.6) is 0 Å². The Kier molecular flexibility index (Phi) is 4.83. The van der Waals surface area contributed by atoms with E-state index in [2.05, 4.69) is 6.07 Å². The molecule has 1 aliphatic heterocycles. The fourth-order valence-corrected chi connectivity index (χ4v) is 5.95. The number of amides is 1. The van der Waals surface area contributed by atoms with Crippen LogP contribution in [0.4, 0.5) is 0 Å². The number of piperazine rings is 1. The van der Waals surface area contributed by atoms with E-state index in [9.17, 15) is 13.2 Å². The van der Waals surface area contributed by atoms with Gasteiger partial charge in [-0.15, -0.1) is 0 Å². The molecule has 2 aliphatic rings. The van der Waals surface area contributed by atoms with Gasteiger partial charge in [0.05, 0.1) is 4.90 Å². The average molecular weight is 421 g/mol. The summed E-state index contributed by atoms with van der Waals surface area (Å²) in [6.07, 6.45) is 3.28. The number of carbonyl (C=O) groups is 1. The highest BCUT2D eigenvalue weighted by Crippen LogP contribution is 2.25. The molecule has 0 atom stereocenters. The lowest BCUT2D eigenvalue weighted by Crippen LogP contribution is -2.50. The SMILES string of the molecule is O=C(c1ccc2c(c1)CCC2)N1CCN(S(=O)(=O)c2ccc3ccccc3c2)CC1. The van der Waals surface area contributed by atoms with Gasteiger partial charge in [-0.3, -0.25) is 4.79 Å². The van der Waals surface area contributed by atoms with Crippen LogP contribution in [0.15, 0.2) is 65.6 Å². The maximum absolute atomic E-state index is 13.1. The van der Waals surface area contributed by atoms with Gasteiger partial charge in [-0.25, -0.2) is 8.42 Å². The molecular weight excluding hydrogens is 396 g/mol. The van der Waals surface area contributed by atoms with Crippen LogP contribution in [-0.2, 0) is 22.9 Å². The normalized spacial score (nSPS) is 17.3. The monoisotopic (exact) mass is 420 g/mol. The second-order valence-corrected chi connectivity index (χ2v) is 9.98. The lowest BCUT2D eigenvalue weighted by Gasteiger charge is -2.34. The molecule has 0 spiro atoms. The van der Waals surface area contributed by atoms with Crippen LogP contribution in [0, 0.1) is 0 Å². The van der Waals surface area contributed by atoms with Crippen molar-refractivity contribution in [3.05, 3.63) is 77.4 Å². The molecule has 0 radical (unpaired) electrons. The molecule has 0 aromatic heterocycles. The first-order valence-corrected chi connectivity index (χ1v) is 11.9. The highest BCUT2D eigenvalue weighted by molar-refractivity contribution is 7.89. The minimum absolute atomic E-state index is 0.00699. The van der Waals surface area contributed by atoms with E-state index in [0.717, 1.165) is 30.0 Å². The van der Waals surface area contributed by atoms with Gasteiger partial charge in [0.25, 0.3) is 5.91 Å². The number of sulfonamides is 1. The standard InChI is InChI=1S/C24H24N2O3S/c27-24(22-9-8-19-6-3-7-20(19)16-22)25-12-14-26(15-13-25)30(28,29)23-11-10-18-4-1-2-5-21(18)17-23/h1-2,4-5,8-11,16-17H,3,6-7,12-15H2. The van der Waals surface area contributed by atoms with Crippen LogP contribution in [0.2, 0.25) is 0 Å². The molecule has 0 N–H and O–H groups in total. The average Bonchev–Trinajstić information content (AvgIpc) is 3.26. The van der Waals surface area contributed by atoms with Crippen molar-refractivity contribution < 1.29 is 13.2 Å². The summed E-state index contributed by atoms with van der Waals surface area (Å²) in [5, 5.41) is 1.92. The summed E-state index contributed by atoms with van der Waals surface area (Å²) in [7, 11) is -3.58. The third-order valence-electron chi connectivity index (χ3n) is 6.23. The summed E-state index contributed by atoms with van der Waals surface area (Å²) in [6.45, 7) is 1.43.